The monoisotopic (exact) mass is 469 g/mol. The molecule has 3 rings (SSSR count). The van der Waals surface area contributed by atoms with Crippen molar-refractivity contribution in [3.63, 3.8) is 0 Å². The van der Waals surface area contributed by atoms with Crippen LogP contribution in [0.15, 0.2) is 48.5 Å². The predicted molar refractivity (Wildman–Crippen MR) is 131 cm³/mol. The van der Waals surface area contributed by atoms with Gasteiger partial charge in [-0.05, 0) is 48.4 Å². The maximum atomic E-state index is 14.3. The minimum Gasteiger partial charge on any atom is -0.493 e. The van der Waals surface area contributed by atoms with Gasteiger partial charge in [0.2, 0.25) is 11.8 Å². The summed E-state index contributed by atoms with van der Waals surface area (Å²) < 4.78 is 20.0. The number of benzene rings is 2. The van der Waals surface area contributed by atoms with E-state index >= 15 is 0 Å². The van der Waals surface area contributed by atoms with Crippen LogP contribution in [0.25, 0.3) is 0 Å². The van der Waals surface area contributed by atoms with Gasteiger partial charge in [0.25, 0.3) is 0 Å². The normalized spacial score (nSPS) is 17.0. The zero-order chi connectivity index (χ0) is 24.5. The standard InChI is InChI=1S/C27H36FN3O3/c1-19(2)9-12-34-25-15-22(13-23(28)16-25)14-24(30-20(3)32)17-26-27(33)31(11-10-29-26)18-21-7-5-4-6-8-21/h4-8,13,15-16,19,24,26,29H,9-12,14,17-18H2,1-3H3,(H,30,32)/t24-,26-/m0/s1. The summed E-state index contributed by atoms with van der Waals surface area (Å²) in [4.78, 5) is 26.9. The highest BCUT2D eigenvalue weighted by Gasteiger charge is 2.31. The summed E-state index contributed by atoms with van der Waals surface area (Å²) in [5, 5.41) is 6.24. The van der Waals surface area contributed by atoms with Crippen LogP contribution in [0.5, 0.6) is 5.75 Å². The Morgan fingerprint density at radius 2 is 1.97 bits per heavy atom. The molecule has 2 amide bonds. The first-order valence-corrected chi connectivity index (χ1v) is 12.1. The number of piperazine rings is 1. The number of rotatable bonds is 11. The molecule has 1 heterocycles. The van der Waals surface area contributed by atoms with Crippen LogP contribution in [0.2, 0.25) is 0 Å². The van der Waals surface area contributed by atoms with Gasteiger partial charge < -0.3 is 20.3 Å². The third-order valence-corrected chi connectivity index (χ3v) is 5.90. The molecule has 1 fully saturated rings. The third kappa shape index (κ3) is 8.13. The summed E-state index contributed by atoms with van der Waals surface area (Å²) in [6.07, 6.45) is 1.71. The molecule has 1 aliphatic heterocycles. The van der Waals surface area contributed by atoms with Gasteiger partial charge in [-0.15, -0.1) is 0 Å². The van der Waals surface area contributed by atoms with E-state index < -0.39 is 6.04 Å². The van der Waals surface area contributed by atoms with Crippen molar-refractivity contribution in [2.45, 2.75) is 58.7 Å². The molecule has 7 heteroatoms. The SMILES string of the molecule is CC(=O)N[C@@H](Cc1cc(F)cc(OCCC(C)C)c1)C[C@@H]1NCCN(Cc2ccccc2)C1=O. The lowest BCUT2D eigenvalue weighted by Crippen LogP contribution is -2.56. The van der Waals surface area contributed by atoms with Gasteiger partial charge in [-0.1, -0.05) is 44.2 Å². The van der Waals surface area contributed by atoms with Gasteiger partial charge in [0.05, 0.1) is 12.6 Å². The average Bonchev–Trinajstić information content (AvgIpc) is 2.76. The highest BCUT2D eigenvalue weighted by Crippen LogP contribution is 2.20. The summed E-state index contributed by atoms with van der Waals surface area (Å²) in [6.45, 7) is 8.08. The molecule has 34 heavy (non-hydrogen) atoms. The van der Waals surface area contributed by atoms with E-state index in [1.165, 1.54) is 19.1 Å². The Kier molecular flexibility index (Phi) is 9.45. The number of amides is 2. The van der Waals surface area contributed by atoms with E-state index in [2.05, 4.69) is 24.5 Å². The first-order chi connectivity index (χ1) is 16.3. The molecular weight excluding hydrogens is 433 g/mol. The summed E-state index contributed by atoms with van der Waals surface area (Å²) in [7, 11) is 0. The second-order valence-electron chi connectivity index (χ2n) is 9.42. The average molecular weight is 470 g/mol. The van der Waals surface area contributed by atoms with Crippen molar-refractivity contribution in [1.82, 2.24) is 15.5 Å². The van der Waals surface area contributed by atoms with Crippen LogP contribution in [0, 0.1) is 11.7 Å². The van der Waals surface area contributed by atoms with Crippen LogP contribution in [-0.4, -0.2) is 48.5 Å². The van der Waals surface area contributed by atoms with Crippen LogP contribution in [-0.2, 0) is 22.6 Å². The van der Waals surface area contributed by atoms with E-state index in [0.717, 1.165) is 17.5 Å². The zero-order valence-corrected chi connectivity index (χ0v) is 20.4. The van der Waals surface area contributed by atoms with E-state index in [1.54, 1.807) is 0 Å². The summed E-state index contributed by atoms with van der Waals surface area (Å²) >= 11 is 0. The lowest BCUT2D eigenvalue weighted by molar-refractivity contribution is -0.137. The number of carbonyl (C=O) groups excluding carboxylic acids is 2. The first kappa shape index (κ1) is 25.7. The van der Waals surface area contributed by atoms with Crippen LogP contribution in [0.1, 0.15) is 44.7 Å². The molecule has 1 aliphatic rings. The van der Waals surface area contributed by atoms with Crippen molar-refractivity contribution in [1.29, 1.82) is 0 Å². The zero-order valence-electron chi connectivity index (χ0n) is 20.4. The predicted octanol–water partition coefficient (Wildman–Crippen LogP) is 3.69. The Morgan fingerprint density at radius 1 is 1.21 bits per heavy atom. The van der Waals surface area contributed by atoms with Crippen molar-refractivity contribution < 1.29 is 18.7 Å². The van der Waals surface area contributed by atoms with E-state index in [4.69, 9.17) is 4.74 Å². The van der Waals surface area contributed by atoms with Crippen LogP contribution in [0.4, 0.5) is 4.39 Å². The second-order valence-corrected chi connectivity index (χ2v) is 9.42. The fraction of sp³-hybridized carbons (Fsp3) is 0.481. The Labute approximate surface area is 201 Å². The lowest BCUT2D eigenvalue weighted by atomic mass is 9.97. The minimum absolute atomic E-state index is 0.0161. The van der Waals surface area contributed by atoms with Gasteiger partial charge in [-0.2, -0.15) is 0 Å². The molecule has 6 nitrogen and oxygen atoms in total. The van der Waals surface area contributed by atoms with Gasteiger partial charge in [0.1, 0.15) is 11.6 Å². The van der Waals surface area contributed by atoms with Gasteiger partial charge in [0, 0.05) is 38.7 Å². The molecule has 0 spiro atoms. The van der Waals surface area contributed by atoms with Crippen LogP contribution >= 0.6 is 0 Å². The Morgan fingerprint density at radius 3 is 2.68 bits per heavy atom. The molecule has 0 radical (unpaired) electrons. The molecule has 2 aromatic carbocycles. The molecule has 2 N–H and O–H groups in total. The summed E-state index contributed by atoms with van der Waals surface area (Å²) in [5.41, 5.74) is 1.81. The van der Waals surface area contributed by atoms with Gasteiger partial charge in [0.15, 0.2) is 0 Å². The smallest absolute Gasteiger partial charge is 0.240 e. The summed E-state index contributed by atoms with van der Waals surface area (Å²) in [5.74, 6) is 0.443. The summed E-state index contributed by atoms with van der Waals surface area (Å²) in [6, 6.07) is 13.8. The Balaban J connectivity index is 1.67. The second kappa shape index (κ2) is 12.5. The molecular formula is C27H36FN3O3. The number of halogens is 1. The molecule has 0 aromatic heterocycles. The fourth-order valence-electron chi connectivity index (χ4n) is 4.22. The number of carbonyl (C=O) groups is 2. The molecule has 0 bridgehead atoms. The van der Waals surface area contributed by atoms with E-state index in [-0.39, 0.29) is 23.7 Å². The number of ether oxygens (including phenoxy) is 1. The van der Waals surface area contributed by atoms with E-state index in [1.807, 2.05) is 41.3 Å². The van der Waals surface area contributed by atoms with Crippen molar-refractivity contribution in [2.24, 2.45) is 5.92 Å². The molecule has 0 unspecified atom stereocenters. The topological polar surface area (TPSA) is 70.7 Å². The maximum absolute atomic E-state index is 14.3. The molecule has 2 aromatic rings. The van der Waals surface area contributed by atoms with Crippen molar-refractivity contribution in [3.8, 4) is 5.75 Å². The number of hydrogen-bond donors (Lipinski definition) is 2. The molecule has 1 saturated heterocycles. The number of hydrogen-bond acceptors (Lipinski definition) is 4. The molecule has 184 valence electrons. The van der Waals surface area contributed by atoms with E-state index in [9.17, 15) is 14.0 Å². The molecule has 0 aliphatic carbocycles. The Bertz CT molecular complexity index is 951. The van der Waals surface area contributed by atoms with Crippen molar-refractivity contribution in [3.05, 3.63) is 65.5 Å². The van der Waals surface area contributed by atoms with Crippen molar-refractivity contribution >= 4 is 11.8 Å². The highest BCUT2D eigenvalue weighted by molar-refractivity contribution is 5.83. The van der Waals surface area contributed by atoms with Gasteiger partial charge in [-0.25, -0.2) is 4.39 Å². The largest absolute Gasteiger partial charge is 0.493 e. The van der Waals surface area contributed by atoms with Gasteiger partial charge in [-0.3, -0.25) is 9.59 Å². The minimum atomic E-state index is -0.412. The van der Waals surface area contributed by atoms with Crippen LogP contribution < -0.4 is 15.4 Å². The molecule has 0 saturated carbocycles. The fourth-order valence-corrected chi connectivity index (χ4v) is 4.22. The highest BCUT2D eigenvalue weighted by atomic mass is 19.1. The molecule has 2 atom stereocenters. The Hall–Kier alpha value is -2.93. The lowest BCUT2D eigenvalue weighted by Gasteiger charge is -2.35. The van der Waals surface area contributed by atoms with Crippen molar-refractivity contribution in [2.75, 3.05) is 19.7 Å². The van der Waals surface area contributed by atoms with Crippen LogP contribution in [0.3, 0.4) is 0 Å². The number of nitrogens with zero attached hydrogens (tertiary/aromatic N) is 1. The van der Waals surface area contributed by atoms with Gasteiger partial charge >= 0.3 is 0 Å². The van der Waals surface area contributed by atoms with E-state index in [0.29, 0.717) is 50.8 Å². The quantitative estimate of drug-likeness (QED) is 0.527. The first-order valence-electron chi connectivity index (χ1n) is 12.1. The third-order valence-electron chi connectivity index (χ3n) is 5.90. The number of nitrogens with one attached hydrogen (secondary N) is 2. The maximum Gasteiger partial charge on any atom is 0.240 e.